The molecule has 0 aliphatic heterocycles. The molecule has 0 bridgehead atoms. The fraction of sp³-hybridized carbons (Fsp3) is 0. The average molecular weight is 476 g/mol. The van der Waals surface area contributed by atoms with E-state index in [1.54, 1.807) is 60.7 Å². The molecule has 130 valence electrons. The maximum absolute atomic E-state index is 13.0. The number of halogens is 2. The van der Waals surface area contributed by atoms with E-state index < -0.39 is 23.1 Å². The number of aromatic hydroxyl groups is 2. The molecule has 0 spiro atoms. The lowest BCUT2D eigenvalue weighted by atomic mass is 9.91. The van der Waals surface area contributed by atoms with E-state index in [-0.39, 0.29) is 20.1 Å². The van der Waals surface area contributed by atoms with Gasteiger partial charge in [0.05, 0.1) is 20.1 Å². The number of carbonyl (C=O) groups is 2. The monoisotopic (exact) mass is 474 g/mol. The molecule has 4 nitrogen and oxygen atoms in total. The molecule has 0 radical (unpaired) electrons. The first kappa shape index (κ1) is 18.4. The zero-order chi connectivity index (χ0) is 18.8. The van der Waals surface area contributed by atoms with E-state index in [9.17, 15) is 19.8 Å². The van der Waals surface area contributed by atoms with Crippen LogP contribution in [0.15, 0.2) is 69.6 Å². The van der Waals surface area contributed by atoms with Gasteiger partial charge in [0, 0.05) is 11.1 Å². The molecule has 3 rings (SSSR count). The van der Waals surface area contributed by atoms with Gasteiger partial charge in [-0.15, -0.1) is 0 Å². The van der Waals surface area contributed by atoms with Gasteiger partial charge in [-0.2, -0.15) is 0 Å². The minimum atomic E-state index is -0.564. The van der Waals surface area contributed by atoms with Crippen molar-refractivity contribution in [1.82, 2.24) is 0 Å². The lowest BCUT2D eigenvalue weighted by Gasteiger charge is -2.15. The van der Waals surface area contributed by atoms with E-state index in [0.29, 0.717) is 11.1 Å². The highest BCUT2D eigenvalue weighted by molar-refractivity contribution is 9.13. The van der Waals surface area contributed by atoms with Gasteiger partial charge in [0.25, 0.3) is 0 Å². The molecule has 0 atom stereocenters. The van der Waals surface area contributed by atoms with Gasteiger partial charge in [0.2, 0.25) is 0 Å². The maximum atomic E-state index is 13.0. The first-order valence-corrected chi connectivity index (χ1v) is 9.14. The van der Waals surface area contributed by atoms with Gasteiger partial charge >= 0.3 is 0 Å². The lowest BCUT2D eigenvalue weighted by Crippen LogP contribution is -2.12. The van der Waals surface area contributed by atoms with Crippen LogP contribution in [0.5, 0.6) is 11.5 Å². The number of rotatable bonds is 4. The number of benzene rings is 3. The van der Waals surface area contributed by atoms with Gasteiger partial charge in [-0.3, -0.25) is 9.59 Å². The second-order valence-corrected chi connectivity index (χ2v) is 7.05. The summed E-state index contributed by atoms with van der Waals surface area (Å²) >= 11 is 6.28. The van der Waals surface area contributed by atoms with E-state index in [4.69, 9.17) is 0 Å². The van der Waals surface area contributed by atoms with Gasteiger partial charge < -0.3 is 10.2 Å². The standard InChI is InChI=1S/C20H12Br2O4/c21-15-16(22)20(26)14(18(24)12-9-5-2-6-10-12)13(19(15)25)17(23)11-7-3-1-4-8-11/h1-10,25-26H. The molecule has 3 aromatic carbocycles. The maximum Gasteiger partial charge on any atom is 0.197 e. The Morgan fingerprint density at radius 1 is 0.615 bits per heavy atom. The molecule has 0 saturated carbocycles. The van der Waals surface area contributed by atoms with Crippen molar-refractivity contribution in [2.75, 3.05) is 0 Å². The molecular weight excluding hydrogens is 464 g/mol. The highest BCUT2D eigenvalue weighted by Gasteiger charge is 2.30. The summed E-state index contributed by atoms with van der Waals surface area (Å²) < 4.78 is 0.192. The Morgan fingerprint density at radius 3 is 1.23 bits per heavy atom. The van der Waals surface area contributed by atoms with Gasteiger partial charge in [-0.05, 0) is 31.9 Å². The highest BCUT2D eigenvalue weighted by atomic mass is 79.9. The largest absolute Gasteiger partial charge is 0.506 e. The van der Waals surface area contributed by atoms with Gasteiger partial charge in [0.15, 0.2) is 11.6 Å². The van der Waals surface area contributed by atoms with Crippen LogP contribution in [0.4, 0.5) is 0 Å². The van der Waals surface area contributed by atoms with E-state index >= 15 is 0 Å². The summed E-state index contributed by atoms with van der Waals surface area (Å²) in [5.41, 5.74) is 0.0762. The summed E-state index contributed by atoms with van der Waals surface area (Å²) in [6.07, 6.45) is 0. The van der Waals surface area contributed by atoms with Gasteiger partial charge in [-0.1, -0.05) is 60.7 Å². The molecular formula is C20H12Br2O4. The number of ketones is 2. The third-order valence-electron chi connectivity index (χ3n) is 3.86. The second-order valence-electron chi connectivity index (χ2n) is 5.47. The van der Waals surface area contributed by atoms with Crippen LogP contribution in [-0.4, -0.2) is 21.8 Å². The molecule has 0 aromatic heterocycles. The molecule has 0 fully saturated rings. The fourth-order valence-electron chi connectivity index (χ4n) is 2.57. The molecule has 0 aliphatic carbocycles. The predicted octanol–water partition coefficient (Wildman–Crippen LogP) is 5.08. The summed E-state index contributed by atoms with van der Waals surface area (Å²) in [6.45, 7) is 0. The number of hydrogen-bond acceptors (Lipinski definition) is 4. The summed E-state index contributed by atoms with van der Waals surface area (Å²) in [5.74, 6) is -1.96. The average Bonchev–Trinajstić information content (AvgIpc) is 2.69. The topological polar surface area (TPSA) is 74.6 Å². The van der Waals surface area contributed by atoms with Crippen LogP contribution in [0.3, 0.4) is 0 Å². The Bertz CT molecular complexity index is 917. The Kier molecular flexibility index (Phi) is 5.25. The van der Waals surface area contributed by atoms with Crippen molar-refractivity contribution in [3.63, 3.8) is 0 Å². The minimum Gasteiger partial charge on any atom is -0.506 e. The van der Waals surface area contributed by atoms with Crippen LogP contribution in [0.2, 0.25) is 0 Å². The highest BCUT2D eigenvalue weighted by Crippen LogP contribution is 2.45. The number of phenols is 2. The summed E-state index contributed by atoms with van der Waals surface area (Å²) in [4.78, 5) is 26.0. The van der Waals surface area contributed by atoms with E-state index in [0.717, 1.165) is 0 Å². The number of carbonyl (C=O) groups excluding carboxylic acids is 2. The second kappa shape index (κ2) is 7.43. The van der Waals surface area contributed by atoms with Crippen LogP contribution < -0.4 is 0 Å². The Morgan fingerprint density at radius 2 is 0.923 bits per heavy atom. The van der Waals surface area contributed by atoms with Crippen molar-refractivity contribution in [3.8, 4) is 11.5 Å². The van der Waals surface area contributed by atoms with Gasteiger partial charge in [-0.25, -0.2) is 0 Å². The van der Waals surface area contributed by atoms with E-state index in [1.807, 2.05) is 0 Å². The van der Waals surface area contributed by atoms with Crippen LogP contribution in [-0.2, 0) is 0 Å². The van der Waals surface area contributed by atoms with Crippen LogP contribution in [0.25, 0.3) is 0 Å². The molecule has 0 amide bonds. The quantitative estimate of drug-likeness (QED) is 0.407. The molecule has 0 aliphatic rings. The smallest absolute Gasteiger partial charge is 0.197 e. The van der Waals surface area contributed by atoms with E-state index in [1.165, 1.54) is 0 Å². The number of hydrogen-bond donors (Lipinski definition) is 2. The van der Waals surface area contributed by atoms with E-state index in [2.05, 4.69) is 31.9 Å². The third-order valence-corrected chi connectivity index (χ3v) is 5.93. The normalized spacial score (nSPS) is 10.5. The predicted molar refractivity (Wildman–Crippen MR) is 105 cm³/mol. The molecule has 3 aromatic rings. The molecule has 0 unspecified atom stereocenters. The Balaban J connectivity index is 2.30. The summed E-state index contributed by atoms with van der Waals surface area (Å²) in [7, 11) is 0. The van der Waals surface area contributed by atoms with Crippen molar-refractivity contribution in [3.05, 3.63) is 91.9 Å². The van der Waals surface area contributed by atoms with Crippen molar-refractivity contribution >= 4 is 43.4 Å². The van der Waals surface area contributed by atoms with Crippen molar-refractivity contribution in [1.29, 1.82) is 0 Å². The Labute approximate surface area is 166 Å². The molecule has 26 heavy (non-hydrogen) atoms. The minimum absolute atomic E-state index is 0.0962. The zero-order valence-electron chi connectivity index (χ0n) is 13.2. The zero-order valence-corrected chi connectivity index (χ0v) is 16.4. The van der Waals surface area contributed by atoms with Crippen LogP contribution >= 0.6 is 31.9 Å². The van der Waals surface area contributed by atoms with Gasteiger partial charge in [0.1, 0.15) is 11.5 Å². The first-order chi connectivity index (χ1) is 12.4. The molecule has 6 heteroatoms. The SMILES string of the molecule is O=C(c1ccccc1)c1c(O)c(Br)c(Br)c(O)c1C(=O)c1ccccc1. The first-order valence-electron chi connectivity index (χ1n) is 7.55. The number of phenolic OH excluding ortho intramolecular Hbond substituents is 2. The van der Waals surface area contributed by atoms with Crippen LogP contribution in [0.1, 0.15) is 31.8 Å². The lowest BCUT2D eigenvalue weighted by molar-refractivity contribution is 0.0998. The molecule has 2 N–H and O–H groups in total. The molecule has 0 heterocycles. The summed E-state index contributed by atoms with van der Waals surface area (Å²) in [5, 5.41) is 21.1. The van der Waals surface area contributed by atoms with Crippen molar-refractivity contribution in [2.45, 2.75) is 0 Å². The molecule has 0 saturated heterocycles. The van der Waals surface area contributed by atoms with Crippen molar-refractivity contribution < 1.29 is 19.8 Å². The summed E-state index contributed by atoms with van der Waals surface area (Å²) in [6, 6.07) is 16.5. The van der Waals surface area contributed by atoms with Crippen molar-refractivity contribution in [2.24, 2.45) is 0 Å². The third kappa shape index (κ3) is 3.18. The fourth-order valence-corrected chi connectivity index (χ4v) is 3.35. The Hall–Kier alpha value is -2.44. The van der Waals surface area contributed by atoms with Crippen LogP contribution in [0, 0.1) is 0 Å².